The molecule has 144 valence electrons. The van der Waals surface area contributed by atoms with Crippen molar-refractivity contribution in [3.8, 4) is 5.75 Å². The van der Waals surface area contributed by atoms with Gasteiger partial charge in [-0.05, 0) is 56.4 Å². The zero-order valence-corrected chi connectivity index (χ0v) is 15.6. The quantitative estimate of drug-likeness (QED) is 0.821. The number of benzene rings is 1. The van der Waals surface area contributed by atoms with Crippen LogP contribution in [0.2, 0.25) is 5.02 Å². The molecule has 2 bridgehead atoms. The van der Waals surface area contributed by atoms with Gasteiger partial charge in [0.25, 0.3) is 5.91 Å². The van der Waals surface area contributed by atoms with Crippen molar-refractivity contribution in [3.05, 3.63) is 53.6 Å². The molecule has 5 rings (SSSR count). The lowest BCUT2D eigenvalue weighted by atomic mass is 9.59. The lowest BCUT2D eigenvalue weighted by Gasteiger charge is -2.56. The van der Waals surface area contributed by atoms with E-state index in [9.17, 15) is 14.3 Å². The number of hydrogen-bond donors (Lipinski definition) is 2. The van der Waals surface area contributed by atoms with E-state index in [0.717, 1.165) is 18.9 Å². The Morgan fingerprint density at radius 1 is 1.30 bits per heavy atom. The van der Waals surface area contributed by atoms with Gasteiger partial charge in [0.05, 0.1) is 16.7 Å². The molecule has 0 radical (unpaired) electrons. The van der Waals surface area contributed by atoms with Crippen molar-refractivity contribution >= 4 is 17.5 Å². The molecule has 2 aromatic rings. The first-order valence-electron chi connectivity index (χ1n) is 9.13. The molecule has 1 aromatic heterocycles. The topological polar surface area (TPSA) is 63.5 Å². The average molecular weight is 393 g/mol. The molecular weight excluding hydrogens is 371 g/mol. The molecule has 3 aliphatic carbocycles. The molecule has 0 saturated heterocycles. The second kappa shape index (κ2) is 6.84. The number of aliphatic hydroxyl groups excluding tert-OH is 1. The number of amides is 1. The number of nitrogens with zero attached hydrogens (tertiary/aromatic N) is 1. The lowest BCUT2D eigenvalue weighted by Crippen LogP contribution is -2.67. The van der Waals surface area contributed by atoms with Gasteiger partial charge in [-0.3, -0.25) is 4.79 Å². The van der Waals surface area contributed by atoms with E-state index in [-0.39, 0.29) is 28.8 Å². The van der Waals surface area contributed by atoms with E-state index in [1.807, 2.05) is 24.5 Å². The Bertz CT molecular complexity index is 832. The van der Waals surface area contributed by atoms with Crippen LogP contribution in [0, 0.1) is 5.82 Å². The maximum absolute atomic E-state index is 13.5. The molecular formula is C20H22ClFN2O3. The monoisotopic (exact) mass is 392 g/mol. The van der Waals surface area contributed by atoms with Gasteiger partial charge in [-0.15, -0.1) is 0 Å². The van der Waals surface area contributed by atoms with Crippen LogP contribution < -0.4 is 10.1 Å². The average Bonchev–Trinajstić information content (AvgIpc) is 3.20. The highest BCUT2D eigenvalue weighted by atomic mass is 35.5. The second-order valence-corrected chi connectivity index (χ2v) is 8.01. The number of carbonyl (C=O) groups is 1. The zero-order chi connectivity index (χ0) is 19.1. The molecule has 27 heavy (non-hydrogen) atoms. The number of aliphatic hydroxyl groups is 1. The highest BCUT2D eigenvalue weighted by Gasteiger charge is 2.55. The SMILES string of the molecule is O=C(COc1ccc(Cl)c(F)c1)NC12CCC(n3cccc3)(CC1)CC2O. The Balaban J connectivity index is 1.38. The third-order valence-electron chi connectivity index (χ3n) is 6.09. The summed E-state index contributed by atoms with van der Waals surface area (Å²) in [6, 6.07) is 8.04. The Morgan fingerprint density at radius 3 is 2.63 bits per heavy atom. The van der Waals surface area contributed by atoms with Crippen LogP contribution in [0.25, 0.3) is 0 Å². The summed E-state index contributed by atoms with van der Waals surface area (Å²) in [5, 5.41) is 13.8. The predicted octanol–water partition coefficient (Wildman–Crippen LogP) is 3.25. The van der Waals surface area contributed by atoms with Gasteiger partial charge in [0.15, 0.2) is 6.61 Å². The molecule has 3 fully saturated rings. The second-order valence-electron chi connectivity index (χ2n) is 7.60. The maximum Gasteiger partial charge on any atom is 0.258 e. The van der Waals surface area contributed by atoms with Crippen molar-refractivity contribution in [2.45, 2.75) is 49.3 Å². The molecule has 1 amide bonds. The van der Waals surface area contributed by atoms with Crippen LogP contribution >= 0.6 is 11.6 Å². The van der Waals surface area contributed by atoms with Crippen LogP contribution in [0.1, 0.15) is 32.1 Å². The van der Waals surface area contributed by atoms with E-state index in [0.29, 0.717) is 19.3 Å². The smallest absolute Gasteiger partial charge is 0.258 e. The molecule has 1 atom stereocenters. The highest BCUT2D eigenvalue weighted by Crippen LogP contribution is 2.51. The lowest BCUT2D eigenvalue weighted by molar-refractivity contribution is -0.134. The highest BCUT2D eigenvalue weighted by molar-refractivity contribution is 6.30. The Morgan fingerprint density at radius 2 is 2.00 bits per heavy atom. The van der Waals surface area contributed by atoms with E-state index >= 15 is 0 Å². The Hall–Kier alpha value is -2.05. The number of hydrogen-bond acceptors (Lipinski definition) is 3. The van der Waals surface area contributed by atoms with Gasteiger partial charge in [0, 0.05) is 24.0 Å². The van der Waals surface area contributed by atoms with E-state index in [1.54, 1.807) is 0 Å². The van der Waals surface area contributed by atoms with Crippen molar-refractivity contribution < 1.29 is 19.0 Å². The summed E-state index contributed by atoms with van der Waals surface area (Å²) in [6.07, 6.45) is 7.34. The van der Waals surface area contributed by atoms with Crippen molar-refractivity contribution in [1.82, 2.24) is 9.88 Å². The summed E-state index contributed by atoms with van der Waals surface area (Å²) in [5.74, 6) is -0.673. The largest absolute Gasteiger partial charge is 0.484 e. The minimum Gasteiger partial charge on any atom is -0.484 e. The van der Waals surface area contributed by atoms with Gasteiger partial charge >= 0.3 is 0 Å². The number of nitrogens with one attached hydrogen (secondary N) is 1. The molecule has 2 N–H and O–H groups in total. The Labute approximate surface area is 162 Å². The molecule has 1 unspecified atom stereocenters. The minimum atomic E-state index is -0.612. The number of aromatic nitrogens is 1. The van der Waals surface area contributed by atoms with Crippen molar-refractivity contribution in [1.29, 1.82) is 0 Å². The third-order valence-corrected chi connectivity index (χ3v) is 6.39. The molecule has 1 heterocycles. The van der Waals surface area contributed by atoms with Gasteiger partial charge in [0.2, 0.25) is 0 Å². The van der Waals surface area contributed by atoms with Crippen molar-refractivity contribution in [2.24, 2.45) is 0 Å². The summed E-state index contributed by atoms with van der Waals surface area (Å²) in [5.41, 5.74) is -0.673. The fraction of sp³-hybridized carbons (Fsp3) is 0.450. The first-order valence-corrected chi connectivity index (χ1v) is 9.51. The van der Waals surface area contributed by atoms with Crippen LogP contribution in [-0.4, -0.2) is 33.8 Å². The number of halogens is 2. The first-order chi connectivity index (χ1) is 12.9. The van der Waals surface area contributed by atoms with Crippen LogP contribution in [-0.2, 0) is 10.3 Å². The number of fused-ring (bicyclic) bond motifs is 3. The van der Waals surface area contributed by atoms with Crippen molar-refractivity contribution in [3.63, 3.8) is 0 Å². The van der Waals surface area contributed by atoms with Crippen molar-refractivity contribution in [2.75, 3.05) is 6.61 Å². The van der Waals surface area contributed by atoms with Crippen LogP contribution in [0.15, 0.2) is 42.7 Å². The van der Waals surface area contributed by atoms with Gasteiger partial charge in [0.1, 0.15) is 11.6 Å². The summed E-state index contributed by atoms with van der Waals surface area (Å²) < 4.78 is 21.0. The summed E-state index contributed by atoms with van der Waals surface area (Å²) in [6.45, 7) is -0.238. The molecule has 7 heteroatoms. The molecule has 0 spiro atoms. The summed E-state index contributed by atoms with van der Waals surface area (Å²) >= 11 is 5.64. The van der Waals surface area contributed by atoms with E-state index in [2.05, 4.69) is 9.88 Å². The van der Waals surface area contributed by atoms with Crippen LogP contribution in [0.5, 0.6) is 5.75 Å². The maximum atomic E-state index is 13.5. The van der Waals surface area contributed by atoms with Crippen LogP contribution in [0.4, 0.5) is 4.39 Å². The van der Waals surface area contributed by atoms with E-state index in [1.165, 1.54) is 12.1 Å². The number of ether oxygens (including phenoxy) is 1. The fourth-order valence-electron chi connectivity index (χ4n) is 4.51. The first kappa shape index (κ1) is 18.3. The fourth-order valence-corrected chi connectivity index (χ4v) is 4.62. The van der Waals surface area contributed by atoms with Gasteiger partial charge in [-0.25, -0.2) is 4.39 Å². The van der Waals surface area contributed by atoms with Gasteiger partial charge < -0.3 is 19.7 Å². The van der Waals surface area contributed by atoms with E-state index < -0.39 is 17.5 Å². The molecule has 3 saturated carbocycles. The summed E-state index contributed by atoms with van der Waals surface area (Å²) in [4.78, 5) is 12.4. The third kappa shape index (κ3) is 3.32. The predicted molar refractivity (Wildman–Crippen MR) is 99.3 cm³/mol. The molecule has 0 aliphatic heterocycles. The normalized spacial score (nSPS) is 29.5. The number of rotatable bonds is 5. The van der Waals surface area contributed by atoms with Crippen LogP contribution in [0.3, 0.4) is 0 Å². The van der Waals surface area contributed by atoms with Gasteiger partial charge in [-0.2, -0.15) is 0 Å². The number of carbonyl (C=O) groups excluding carboxylic acids is 1. The standard InChI is InChI=1S/C20H22ClFN2O3/c21-15-4-3-14(11-16(15)22)27-13-18(26)23-20-7-5-19(6-8-20,12-17(20)25)24-9-1-2-10-24/h1-4,9-11,17,25H,5-8,12-13H2,(H,23,26). The van der Waals surface area contributed by atoms with Gasteiger partial charge in [-0.1, -0.05) is 11.6 Å². The minimum absolute atomic E-state index is 0.00407. The molecule has 5 nitrogen and oxygen atoms in total. The molecule has 3 aliphatic rings. The zero-order valence-electron chi connectivity index (χ0n) is 14.8. The summed E-state index contributed by atoms with van der Waals surface area (Å²) in [7, 11) is 0. The Kier molecular flexibility index (Phi) is 4.64. The molecule has 1 aromatic carbocycles. The van der Waals surface area contributed by atoms with E-state index in [4.69, 9.17) is 16.3 Å².